The maximum Gasteiger partial charge on any atom is 0.232 e. The number of nitrogens with one attached hydrogen (secondary N) is 1. The van der Waals surface area contributed by atoms with Gasteiger partial charge >= 0.3 is 0 Å². The summed E-state index contributed by atoms with van der Waals surface area (Å²) >= 11 is 3.30. The minimum absolute atomic E-state index is 0.491. The van der Waals surface area contributed by atoms with Gasteiger partial charge in [-0.05, 0) is 27.6 Å². The highest BCUT2D eigenvalue weighted by Gasteiger charge is 2.05. The molecule has 0 bridgehead atoms. The lowest BCUT2D eigenvalue weighted by Crippen LogP contribution is -2.05. The first kappa shape index (κ1) is 13.5. The quantitative estimate of drug-likeness (QED) is 0.909. The van der Waals surface area contributed by atoms with Gasteiger partial charge in [0, 0.05) is 18.8 Å². The van der Waals surface area contributed by atoms with Crippen LogP contribution in [0.2, 0.25) is 0 Å². The van der Waals surface area contributed by atoms with Crippen LogP contribution in [0, 0.1) is 0 Å². The smallest absolute Gasteiger partial charge is 0.232 e. The molecule has 100 valence electrons. The predicted molar refractivity (Wildman–Crippen MR) is 74.4 cm³/mol. The van der Waals surface area contributed by atoms with Crippen molar-refractivity contribution in [3.8, 4) is 11.8 Å². The van der Waals surface area contributed by atoms with Crippen molar-refractivity contribution < 1.29 is 9.47 Å². The first-order valence-corrected chi connectivity index (χ1v) is 6.31. The second kappa shape index (κ2) is 6.33. The van der Waals surface area contributed by atoms with E-state index in [9.17, 15) is 0 Å². The topological polar surface area (TPSA) is 69.2 Å². The molecule has 6 nitrogen and oxygen atoms in total. The lowest BCUT2D eigenvalue weighted by atomic mass is 10.2. The van der Waals surface area contributed by atoms with Gasteiger partial charge in [-0.25, -0.2) is 9.97 Å². The van der Waals surface area contributed by atoms with Crippen LogP contribution in [0.1, 0.15) is 5.56 Å². The molecule has 19 heavy (non-hydrogen) atoms. The number of ether oxygens (including phenoxy) is 2. The zero-order valence-electron chi connectivity index (χ0n) is 10.6. The third kappa shape index (κ3) is 3.54. The SMILES string of the molecule is COc1cc(CNc2ncc(Br)c(OC)n2)ccn1. The van der Waals surface area contributed by atoms with Gasteiger partial charge in [-0.15, -0.1) is 0 Å². The lowest BCUT2D eigenvalue weighted by Gasteiger charge is -2.07. The fourth-order valence-corrected chi connectivity index (χ4v) is 1.79. The van der Waals surface area contributed by atoms with Crippen LogP contribution in [0.15, 0.2) is 29.0 Å². The van der Waals surface area contributed by atoms with Crippen LogP contribution >= 0.6 is 15.9 Å². The van der Waals surface area contributed by atoms with E-state index in [1.54, 1.807) is 26.6 Å². The zero-order chi connectivity index (χ0) is 13.7. The highest BCUT2D eigenvalue weighted by molar-refractivity contribution is 9.10. The van der Waals surface area contributed by atoms with Gasteiger partial charge in [-0.2, -0.15) is 4.98 Å². The van der Waals surface area contributed by atoms with E-state index < -0.39 is 0 Å². The van der Waals surface area contributed by atoms with Crippen LogP contribution in [0.3, 0.4) is 0 Å². The van der Waals surface area contributed by atoms with Gasteiger partial charge in [0.05, 0.1) is 24.9 Å². The molecule has 0 saturated heterocycles. The minimum Gasteiger partial charge on any atom is -0.481 e. The first-order valence-electron chi connectivity index (χ1n) is 5.52. The highest BCUT2D eigenvalue weighted by atomic mass is 79.9. The van der Waals surface area contributed by atoms with E-state index in [-0.39, 0.29) is 0 Å². The van der Waals surface area contributed by atoms with Crippen molar-refractivity contribution >= 4 is 21.9 Å². The van der Waals surface area contributed by atoms with Crippen molar-refractivity contribution in [1.29, 1.82) is 0 Å². The van der Waals surface area contributed by atoms with Gasteiger partial charge in [0.15, 0.2) is 0 Å². The Morgan fingerprint density at radius 2 is 2.11 bits per heavy atom. The maximum absolute atomic E-state index is 5.11. The average Bonchev–Trinajstić information content (AvgIpc) is 2.46. The van der Waals surface area contributed by atoms with Gasteiger partial charge in [0.2, 0.25) is 17.7 Å². The molecule has 0 aliphatic carbocycles. The van der Waals surface area contributed by atoms with Crippen LogP contribution in [0.25, 0.3) is 0 Å². The molecule has 0 aromatic carbocycles. The van der Waals surface area contributed by atoms with Crippen molar-refractivity contribution in [1.82, 2.24) is 15.0 Å². The molecule has 2 aromatic rings. The number of aromatic nitrogens is 3. The summed E-state index contributed by atoms with van der Waals surface area (Å²) in [6.45, 7) is 0.573. The van der Waals surface area contributed by atoms with E-state index >= 15 is 0 Å². The molecular weight excluding hydrogens is 312 g/mol. The summed E-state index contributed by atoms with van der Waals surface area (Å²) < 4.78 is 10.9. The summed E-state index contributed by atoms with van der Waals surface area (Å²) in [5.41, 5.74) is 1.03. The number of halogens is 1. The number of hydrogen-bond acceptors (Lipinski definition) is 6. The molecule has 7 heteroatoms. The van der Waals surface area contributed by atoms with Gasteiger partial charge < -0.3 is 14.8 Å². The van der Waals surface area contributed by atoms with E-state index in [1.807, 2.05) is 12.1 Å². The predicted octanol–water partition coefficient (Wildman–Crippen LogP) is 2.26. The fraction of sp³-hybridized carbons (Fsp3) is 0.250. The average molecular weight is 325 g/mol. The summed E-state index contributed by atoms with van der Waals surface area (Å²) in [6.07, 6.45) is 3.33. The number of hydrogen-bond donors (Lipinski definition) is 1. The highest BCUT2D eigenvalue weighted by Crippen LogP contribution is 2.22. The van der Waals surface area contributed by atoms with Crippen LogP contribution < -0.4 is 14.8 Å². The number of methoxy groups -OCH3 is 2. The van der Waals surface area contributed by atoms with E-state index in [1.165, 1.54) is 0 Å². The van der Waals surface area contributed by atoms with E-state index in [4.69, 9.17) is 9.47 Å². The van der Waals surface area contributed by atoms with Gasteiger partial charge in [0.1, 0.15) is 0 Å². The number of nitrogens with zero attached hydrogens (tertiary/aromatic N) is 3. The Balaban J connectivity index is 2.05. The summed E-state index contributed by atoms with van der Waals surface area (Å²) in [4.78, 5) is 12.4. The molecule has 0 aliphatic rings. The molecule has 0 atom stereocenters. The Bertz CT molecular complexity index is 565. The molecule has 0 radical (unpaired) electrons. The maximum atomic E-state index is 5.11. The molecule has 2 heterocycles. The Hall–Kier alpha value is -1.89. The van der Waals surface area contributed by atoms with Gasteiger partial charge in [0.25, 0.3) is 0 Å². The molecule has 2 aromatic heterocycles. The van der Waals surface area contributed by atoms with E-state index in [2.05, 4.69) is 36.2 Å². The molecule has 1 N–H and O–H groups in total. The number of rotatable bonds is 5. The Labute approximate surface area is 119 Å². The van der Waals surface area contributed by atoms with Crippen molar-refractivity contribution in [2.75, 3.05) is 19.5 Å². The molecule has 0 aliphatic heterocycles. The number of anilines is 1. The van der Waals surface area contributed by atoms with Crippen LogP contribution in [-0.4, -0.2) is 29.2 Å². The normalized spacial score (nSPS) is 10.1. The Morgan fingerprint density at radius 3 is 2.84 bits per heavy atom. The molecule has 0 amide bonds. The zero-order valence-corrected chi connectivity index (χ0v) is 12.1. The summed E-state index contributed by atoms with van der Waals surface area (Å²) in [6, 6.07) is 3.74. The Morgan fingerprint density at radius 1 is 1.26 bits per heavy atom. The van der Waals surface area contributed by atoms with E-state index in [0.717, 1.165) is 5.56 Å². The first-order chi connectivity index (χ1) is 9.22. The third-order valence-electron chi connectivity index (χ3n) is 2.36. The van der Waals surface area contributed by atoms with Crippen LogP contribution in [0.4, 0.5) is 5.95 Å². The minimum atomic E-state index is 0.491. The van der Waals surface area contributed by atoms with Gasteiger partial charge in [-0.1, -0.05) is 0 Å². The van der Waals surface area contributed by atoms with Crippen molar-refractivity contribution in [3.63, 3.8) is 0 Å². The van der Waals surface area contributed by atoms with Crippen LogP contribution in [-0.2, 0) is 6.54 Å². The second-order valence-electron chi connectivity index (χ2n) is 3.61. The molecular formula is C12H13BrN4O2. The van der Waals surface area contributed by atoms with E-state index in [0.29, 0.717) is 28.7 Å². The largest absolute Gasteiger partial charge is 0.481 e. The van der Waals surface area contributed by atoms with Crippen molar-refractivity contribution in [2.45, 2.75) is 6.54 Å². The van der Waals surface area contributed by atoms with Crippen molar-refractivity contribution in [2.24, 2.45) is 0 Å². The second-order valence-corrected chi connectivity index (χ2v) is 4.47. The van der Waals surface area contributed by atoms with Gasteiger partial charge in [-0.3, -0.25) is 0 Å². The monoisotopic (exact) mass is 324 g/mol. The summed E-state index contributed by atoms with van der Waals surface area (Å²) in [5, 5.41) is 3.11. The van der Waals surface area contributed by atoms with Crippen LogP contribution in [0.5, 0.6) is 11.8 Å². The standard InChI is InChI=1S/C12H13BrN4O2/c1-18-10-5-8(3-4-14-10)6-15-12-16-7-9(13)11(17-12)19-2/h3-5,7H,6H2,1-2H3,(H,15,16,17). The molecule has 0 unspecified atom stereocenters. The van der Waals surface area contributed by atoms with Crippen molar-refractivity contribution in [3.05, 3.63) is 34.6 Å². The molecule has 2 rings (SSSR count). The summed E-state index contributed by atoms with van der Waals surface area (Å²) in [7, 11) is 3.15. The third-order valence-corrected chi connectivity index (χ3v) is 2.91. The molecule has 0 saturated carbocycles. The Kier molecular flexibility index (Phi) is 4.51. The molecule has 0 spiro atoms. The number of pyridine rings is 1. The molecule has 0 fully saturated rings. The fourth-order valence-electron chi connectivity index (χ4n) is 1.43. The summed E-state index contributed by atoms with van der Waals surface area (Å²) in [5.74, 6) is 1.56. The lowest BCUT2D eigenvalue weighted by molar-refractivity contribution is 0.394.